The highest BCUT2D eigenvalue weighted by Crippen LogP contribution is 2.16. The van der Waals surface area contributed by atoms with E-state index in [1.54, 1.807) is 12.4 Å². The summed E-state index contributed by atoms with van der Waals surface area (Å²) in [6, 6.07) is 1.96. The number of rotatable bonds is 5. The molecule has 0 bridgehead atoms. The lowest BCUT2D eigenvalue weighted by Gasteiger charge is -2.34. The molecule has 0 aromatic carbocycles. The summed E-state index contributed by atoms with van der Waals surface area (Å²) in [6.07, 6.45) is 6.48. The average Bonchev–Trinajstić information content (AvgIpc) is 2.63. The van der Waals surface area contributed by atoms with E-state index < -0.39 is 0 Å². The van der Waals surface area contributed by atoms with E-state index in [1.807, 2.05) is 12.3 Å². The van der Waals surface area contributed by atoms with Crippen molar-refractivity contribution in [2.75, 3.05) is 42.9 Å². The van der Waals surface area contributed by atoms with Crippen molar-refractivity contribution in [1.29, 1.82) is 0 Å². The van der Waals surface area contributed by atoms with Gasteiger partial charge in [-0.05, 0) is 12.0 Å². The van der Waals surface area contributed by atoms with Crippen LogP contribution in [-0.2, 0) is 4.79 Å². The van der Waals surface area contributed by atoms with Gasteiger partial charge >= 0.3 is 0 Å². The van der Waals surface area contributed by atoms with Crippen molar-refractivity contribution >= 4 is 17.7 Å². The number of nitrogens with zero attached hydrogens (tertiary/aromatic N) is 6. The molecule has 1 fully saturated rings. The summed E-state index contributed by atoms with van der Waals surface area (Å²) in [4.78, 5) is 33.4. The lowest BCUT2D eigenvalue weighted by molar-refractivity contribution is -0.117. The van der Waals surface area contributed by atoms with Gasteiger partial charge in [0.15, 0.2) is 5.82 Å². The van der Waals surface area contributed by atoms with Crippen LogP contribution in [0, 0.1) is 0 Å². The molecule has 1 amide bonds. The first-order chi connectivity index (χ1) is 12.1. The smallest absolute Gasteiger partial charge is 0.239 e. The summed E-state index contributed by atoms with van der Waals surface area (Å²) in [5.41, 5.74) is 1.05. The van der Waals surface area contributed by atoms with Crippen molar-refractivity contribution in [3.8, 4) is 0 Å². The van der Waals surface area contributed by atoms with Crippen LogP contribution < -0.4 is 10.2 Å². The maximum Gasteiger partial charge on any atom is 0.239 e. The highest BCUT2D eigenvalue weighted by molar-refractivity contribution is 5.91. The quantitative estimate of drug-likeness (QED) is 0.873. The van der Waals surface area contributed by atoms with Crippen LogP contribution in [0.25, 0.3) is 0 Å². The van der Waals surface area contributed by atoms with Gasteiger partial charge in [-0.2, -0.15) is 0 Å². The maximum atomic E-state index is 12.1. The minimum absolute atomic E-state index is 0.0768. The number of aromatic nitrogens is 4. The number of carbonyl (C=O) groups excluding carboxylic acids is 1. The van der Waals surface area contributed by atoms with Gasteiger partial charge < -0.3 is 10.2 Å². The highest BCUT2D eigenvalue weighted by Gasteiger charge is 2.21. The first-order valence-corrected chi connectivity index (χ1v) is 8.48. The molecule has 132 valence electrons. The Morgan fingerprint density at radius 3 is 2.64 bits per heavy atom. The van der Waals surface area contributed by atoms with Crippen LogP contribution in [0.4, 0.5) is 11.8 Å². The Kier molecular flexibility index (Phi) is 5.49. The first-order valence-electron chi connectivity index (χ1n) is 8.48. The predicted octanol–water partition coefficient (Wildman–Crippen LogP) is 1.15. The SMILES string of the molecule is CC(C)c1ccnc(N2CCN(CC(=O)Nc3cnccn3)CC2)n1. The van der Waals surface area contributed by atoms with Gasteiger partial charge in [0.05, 0.1) is 12.7 Å². The third-order valence-electron chi connectivity index (χ3n) is 4.11. The molecule has 1 saturated heterocycles. The second-order valence-electron chi connectivity index (χ2n) is 6.34. The lowest BCUT2D eigenvalue weighted by atomic mass is 10.1. The second kappa shape index (κ2) is 7.98. The van der Waals surface area contributed by atoms with Crippen LogP contribution >= 0.6 is 0 Å². The molecule has 0 atom stereocenters. The molecule has 0 unspecified atom stereocenters. The first kappa shape index (κ1) is 17.2. The van der Waals surface area contributed by atoms with E-state index in [2.05, 4.69) is 48.9 Å². The number of hydrogen-bond donors (Lipinski definition) is 1. The molecule has 8 heteroatoms. The van der Waals surface area contributed by atoms with E-state index in [9.17, 15) is 4.79 Å². The van der Waals surface area contributed by atoms with Crippen LogP contribution in [-0.4, -0.2) is 63.5 Å². The fraction of sp³-hybridized carbons (Fsp3) is 0.471. The predicted molar refractivity (Wildman–Crippen MR) is 95.4 cm³/mol. The molecule has 25 heavy (non-hydrogen) atoms. The van der Waals surface area contributed by atoms with Crippen LogP contribution in [0.3, 0.4) is 0 Å². The van der Waals surface area contributed by atoms with Gasteiger partial charge in [0.2, 0.25) is 11.9 Å². The number of amides is 1. The van der Waals surface area contributed by atoms with Crippen LogP contribution in [0.5, 0.6) is 0 Å². The van der Waals surface area contributed by atoms with Gasteiger partial charge in [-0.3, -0.25) is 14.7 Å². The normalized spacial score (nSPS) is 15.4. The molecule has 1 aliphatic rings. The summed E-state index contributed by atoms with van der Waals surface area (Å²) >= 11 is 0. The summed E-state index contributed by atoms with van der Waals surface area (Å²) in [5.74, 6) is 1.56. The van der Waals surface area contributed by atoms with Crippen molar-refractivity contribution in [3.05, 3.63) is 36.5 Å². The zero-order chi connectivity index (χ0) is 17.6. The summed E-state index contributed by atoms with van der Waals surface area (Å²) in [7, 11) is 0. The molecule has 0 saturated carbocycles. The summed E-state index contributed by atoms with van der Waals surface area (Å²) < 4.78 is 0. The van der Waals surface area contributed by atoms with E-state index in [4.69, 9.17) is 0 Å². The van der Waals surface area contributed by atoms with Crippen molar-refractivity contribution in [2.24, 2.45) is 0 Å². The number of nitrogens with one attached hydrogen (secondary N) is 1. The van der Waals surface area contributed by atoms with Crippen LogP contribution in [0.2, 0.25) is 0 Å². The molecule has 8 nitrogen and oxygen atoms in total. The summed E-state index contributed by atoms with van der Waals surface area (Å²) in [6.45, 7) is 7.79. The molecule has 2 aromatic rings. The summed E-state index contributed by atoms with van der Waals surface area (Å²) in [5, 5.41) is 2.76. The van der Waals surface area contributed by atoms with Crippen molar-refractivity contribution in [3.63, 3.8) is 0 Å². The van der Waals surface area contributed by atoms with Crippen molar-refractivity contribution in [1.82, 2.24) is 24.8 Å². The molecule has 1 N–H and O–H groups in total. The molecule has 0 radical (unpaired) electrons. The van der Waals surface area contributed by atoms with E-state index >= 15 is 0 Å². The fourth-order valence-electron chi connectivity index (χ4n) is 2.69. The number of piperazine rings is 1. The maximum absolute atomic E-state index is 12.1. The zero-order valence-corrected chi connectivity index (χ0v) is 14.6. The minimum atomic E-state index is -0.0768. The fourth-order valence-corrected chi connectivity index (χ4v) is 2.69. The largest absolute Gasteiger partial charge is 0.338 e. The molecule has 3 rings (SSSR count). The Balaban J connectivity index is 1.50. The van der Waals surface area contributed by atoms with Crippen LogP contribution in [0.1, 0.15) is 25.5 Å². The molecule has 1 aliphatic heterocycles. The zero-order valence-electron chi connectivity index (χ0n) is 14.6. The molecule has 0 aliphatic carbocycles. The van der Waals surface area contributed by atoms with E-state index in [0.29, 0.717) is 18.3 Å². The molecule has 2 aromatic heterocycles. The molecular formula is C17H23N7O. The van der Waals surface area contributed by atoms with Crippen LogP contribution in [0.15, 0.2) is 30.9 Å². The van der Waals surface area contributed by atoms with E-state index in [1.165, 1.54) is 6.20 Å². The molecule has 3 heterocycles. The Labute approximate surface area is 147 Å². The Morgan fingerprint density at radius 1 is 1.16 bits per heavy atom. The molecular weight excluding hydrogens is 318 g/mol. The van der Waals surface area contributed by atoms with Gasteiger partial charge in [0, 0.05) is 50.5 Å². The van der Waals surface area contributed by atoms with Crippen molar-refractivity contribution < 1.29 is 4.79 Å². The number of carbonyl (C=O) groups is 1. The third kappa shape index (κ3) is 4.69. The molecule has 0 spiro atoms. The Hall–Kier alpha value is -2.61. The number of anilines is 2. The van der Waals surface area contributed by atoms with Crippen molar-refractivity contribution in [2.45, 2.75) is 19.8 Å². The van der Waals surface area contributed by atoms with Gasteiger partial charge in [-0.15, -0.1) is 0 Å². The Bertz CT molecular complexity index is 699. The second-order valence-corrected chi connectivity index (χ2v) is 6.34. The minimum Gasteiger partial charge on any atom is -0.338 e. The van der Waals surface area contributed by atoms with Gasteiger partial charge in [0.1, 0.15) is 0 Å². The van der Waals surface area contributed by atoms with Gasteiger partial charge in [-0.25, -0.2) is 15.0 Å². The van der Waals surface area contributed by atoms with Gasteiger partial charge in [-0.1, -0.05) is 13.8 Å². The monoisotopic (exact) mass is 341 g/mol. The van der Waals surface area contributed by atoms with E-state index in [0.717, 1.165) is 37.8 Å². The van der Waals surface area contributed by atoms with Gasteiger partial charge in [0.25, 0.3) is 0 Å². The van der Waals surface area contributed by atoms with E-state index in [-0.39, 0.29) is 5.91 Å². The standard InChI is InChI=1S/C17H23N7O/c1-13(2)14-3-4-20-17(21-14)24-9-7-23(8-10-24)12-16(25)22-15-11-18-5-6-19-15/h3-6,11,13H,7-10,12H2,1-2H3,(H,19,22,25). The third-order valence-corrected chi connectivity index (χ3v) is 4.11. The number of hydrogen-bond acceptors (Lipinski definition) is 7. The Morgan fingerprint density at radius 2 is 1.96 bits per heavy atom. The highest BCUT2D eigenvalue weighted by atomic mass is 16.2. The lowest BCUT2D eigenvalue weighted by Crippen LogP contribution is -2.49. The topological polar surface area (TPSA) is 87.1 Å². The average molecular weight is 341 g/mol.